The van der Waals surface area contributed by atoms with Gasteiger partial charge in [0.05, 0.1) is 17.4 Å². The van der Waals surface area contributed by atoms with Gasteiger partial charge in [-0.05, 0) is 63.2 Å². The van der Waals surface area contributed by atoms with Crippen LogP contribution in [0.5, 0.6) is 5.75 Å². The fraction of sp³-hybridized carbons (Fsp3) is 0.360. The van der Waals surface area contributed by atoms with Crippen LogP contribution in [0, 0.1) is 6.92 Å². The molecule has 0 aromatic heterocycles. The van der Waals surface area contributed by atoms with Gasteiger partial charge in [0.15, 0.2) is 0 Å². The molecule has 2 amide bonds. The molecule has 162 valence electrons. The monoisotopic (exact) mass is 419 g/mol. The maximum Gasteiger partial charge on any atom is 0.282 e. The maximum atomic E-state index is 13.6. The molecule has 0 spiro atoms. The van der Waals surface area contributed by atoms with Gasteiger partial charge >= 0.3 is 0 Å². The molecule has 2 aliphatic heterocycles. The number of amides is 2. The smallest absolute Gasteiger partial charge is 0.282 e. The number of hydrogen-bond donors (Lipinski definition) is 0. The van der Waals surface area contributed by atoms with Gasteiger partial charge in [0.25, 0.3) is 11.8 Å². The van der Waals surface area contributed by atoms with E-state index in [1.165, 1.54) is 4.90 Å². The average Bonchev–Trinajstić information content (AvgIpc) is 2.99. The van der Waals surface area contributed by atoms with E-state index in [4.69, 9.17) is 4.74 Å². The minimum atomic E-state index is -0.276. The molecule has 0 aliphatic carbocycles. The van der Waals surface area contributed by atoms with Crippen LogP contribution in [-0.2, 0) is 9.59 Å². The number of benzene rings is 2. The van der Waals surface area contributed by atoms with Crippen LogP contribution in [0.4, 0.5) is 5.69 Å². The van der Waals surface area contributed by atoms with Crippen LogP contribution >= 0.6 is 0 Å². The third-order valence-electron chi connectivity index (χ3n) is 5.65. The zero-order valence-corrected chi connectivity index (χ0v) is 18.6. The third-order valence-corrected chi connectivity index (χ3v) is 5.65. The lowest BCUT2D eigenvalue weighted by atomic mass is 10.0. The molecule has 0 unspecified atom stereocenters. The highest BCUT2D eigenvalue weighted by atomic mass is 16.5. The van der Waals surface area contributed by atoms with Crippen molar-refractivity contribution in [1.82, 2.24) is 9.80 Å². The Hall–Kier alpha value is -3.12. The molecule has 0 bridgehead atoms. The van der Waals surface area contributed by atoms with Crippen LogP contribution < -0.4 is 9.64 Å². The predicted molar refractivity (Wildman–Crippen MR) is 122 cm³/mol. The largest absolute Gasteiger partial charge is 0.491 e. The first-order valence-corrected chi connectivity index (χ1v) is 10.8. The van der Waals surface area contributed by atoms with E-state index in [9.17, 15) is 9.59 Å². The highest BCUT2D eigenvalue weighted by Crippen LogP contribution is 2.36. The van der Waals surface area contributed by atoms with Crippen molar-refractivity contribution in [2.24, 2.45) is 0 Å². The molecule has 1 fully saturated rings. The van der Waals surface area contributed by atoms with Crippen LogP contribution in [0.3, 0.4) is 0 Å². The summed E-state index contributed by atoms with van der Waals surface area (Å²) in [4.78, 5) is 32.8. The molecule has 2 heterocycles. The van der Waals surface area contributed by atoms with Gasteiger partial charge in [-0.3, -0.25) is 9.59 Å². The molecule has 4 rings (SSSR count). The lowest BCUT2D eigenvalue weighted by Gasteiger charge is -2.34. The molecule has 0 saturated carbocycles. The second-order valence-corrected chi connectivity index (χ2v) is 8.49. The summed E-state index contributed by atoms with van der Waals surface area (Å²) in [5.41, 5.74) is 3.31. The summed E-state index contributed by atoms with van der Waals surface area (Å²) >= 11 is 0. The summed E-state index contributed by atoms with van der Waals surface area (Å²) in [5.74, 6) is 0.215. The van der Waals surface area contributed by atoms with E-state index in [0.29, 0.717) is 30.0 Å². The Kier molecular flexibility index (Phi) is 5.83. The Bertz CT molecular complexity index is 1020. The minimum absolute atomic E-state index is 0.0671. The van der Waals surface area contributed by atoms with Gasteiger partial charge in [0.2, 0.25) is 0 Å². The molecule has 6 nitrogen and oxygen atoms in total. The maximum absolute atomic E-state index is 13.6. The van der Waals surface area contributed by atoms with Crippen LogP contribution in [0.15, 0.2) is 54.2 Å². The van der Waals surface area contributed by atoms with Crippen molar-refractivity contribution in [3.05, 3.63) is 65.4 Å². The Morgan fingerprint density at radius 2 is 1.58 bits per heavy atom. The lowest BCUT2D eigenvalue weighted by Crippen LogP contribution is -2.46. The Labute approximate surface area is 183 Å². The molecule has 2 aliphatic rings. The second kappa shape index (κ2) is 8.55. The second-order valence-electron chi connectivity index (χ2n) is 8.49. The van der Waals surface area contributed by atoms with E-state index >= 15 is 0 Å². The molecule has 0 atom stereocenters. The minimum Gasteiger partial charge on any atom is -0.491 e. The molecule has 2 aromatic carbocycles. The Morgan fingerprint density at radius 3 is 2.19 bits per heavy atom. The third kappa shape index (κ3) is 4.21. The number of imide groups is 1. The number of likely N-dealkylation sites (N-methyl/N-ethyl adjacent to an activating group) is 1. The summed E-state index contributed by atoms with van der Waals surface area (Å²) in [6.07, 6.45) is 0.0671. The summed E-state index contributed by atoms with van der Waals surface area (Å²) in [6.45, 7) is 9.03. The zero-order valence-electron chi connectivity index (χ0n) is 18.6. The topological polar surface area (TPSA) is 53.1 Å². The van der Waals surface area contributed by atoms with Crippen molar-refractivity contribution in [2.45, 2.75) is 26.9 Å². The van der Waals surface area contributed by atoms with Crippen LogP contribution in [-0.4, -0.2) is 60.9 Å². The highest BCUT2D eigenvalue weighted by Gasteiger charge is 2.42. The Balaban J connectivity index is 1.76. The van der Waals surface area contributed by atoms with Crippen molar-refractivity contribution in [3.8, 4) is 5.75 Å². The molecular weight excluding hydrogens is 390 g/mol. The number of hydrogen-bond acceptors (Lipinski definition) is 5. The molecule has 6 heteroatoms. The van der Waals surface area contributed by atoms with Crippen molar-refractivity contribution in [1.29, 1.82) is 0 Å². The Morgan fingerprint density at radius 1 is 0.903 bits per heavy atom. The number of ether oxygens (including phenoxy) is 1. The summed E-state index contributed by atoms with van der Waals surface area (Å²) < 4.78 is 5.74. The first kappa shape index (κ1) is 21.1. The van der Waals surface area contributed by atoms with Crippen LogP contribution in [0.2, 0.25) is 0 Å². The van der Waals surface area contributed by atoms with Gasteiger partial charge in [-0.25, -0.2) is 4.90 Å². The van der Waals surface area contributed by atoms with Gasteiger partial charge in [-0.1, -0.05) is 24.3 Å². The first-order chi connectivity index (χ1) is 14.8. The fourth-order valence-corrected chi connectivity index (χ4v) is 4.08. The van der Waals surface area contributed by atoms with Gasteiger partial charge < -0.3 is 14.5 Å². The van der Waals surface area contributed by atoms with E-state index in [1.54, 1.807) is 0 Å². The number of carbonyl (C=O) groups is 2. The van der Waals surface area contributed by atoms with E-state index < -0.39 is 0 Å². The number of rotatable bonds is 5. The van der Waals surface area contributed by atoms with Crippen molar-refractivity contribution >= 4 is 23.1 Å². The normalized spacial score (nSPS) is 17.8. The molecular formula is C25H29N3O3. The van der Waals surface area contributed by atoms with Gasteiger partial charge in [0, 0.05) is 26.2 Å². The molecule has 2 aromatic rings. The van der Waals surface area contributed by atoms with Crippen LogP contribution in [0.25, 0.3) is 5.57 Å². The van der Waals surface area contributed by atoms with E-state index in [2.05, 4.69) is 16.8 Å². The van der Waals surface area contributed by atoms with Crippen molar-refractivity contribution in [2.75, 3.05) is 38.1 Å². The summed E-state index contributed by atoms with van der Waals surface area (Å²) in [6, 6.07) is 15.0. The van der Waals surface area contributed by atoms with E-state index in [0.717, 1.165) is 30.0 Å². The van der Waals surface area contributed by atoms with Gasteiger partial charge in [0.1, 0.15) is 11.4 Å². The summed E-state index contributed by atoms with van der Waals surface area (Å²) in [5, 5.41) is 0. The van der Waals surface area contributed by atoms with E-state index in [-0.39, 0.29) is 17.9 Å². The van der Waals surface area contributed by atoms with Crippen molar-refractivity contribution in [3.63, 3.8) is 0 Å². The summed E-state index contributed by atoms with van der Waals surface area (Å²) in [7, 11) is 2.07. The molecule has 0 N–H and O–H groups in total. The van der Waals surface area contributed by atoms with Crippen molar-refractivity contribution < 1.29 is 14.3 Å². The van der Waals surface area contributed by atoms with Crippen LogP contribution in [0.1, 0.15) is 25.0 Å². The fourth-order valence-electron chi connectivity index (χ4n) is 4.08. The van der Waals surface area contributed by atoms with E-state index in [1.807, 2.05) is 69.3 Å². The number of piperazine rings is 1. The number of carbonyl (C=O) groups excluding carboxylic acids is 2. The van der Waals surface area contributed by atoms with Gasteiger partial charge in [-0.2, -0.15) is 0 Å². The SMILES string of the molecule is Cc1cccc(N2C(=O)C(c3ccc(OC(C)C)cc3)=C(N3CCN(C)CC3)C2=O)c1. The highest BCUT2D eigenvalue weighted by molar-refractivity contribution is 6.45. The quantitative estimate of drug-likeness (QED) is 0.696. The average molecular weight is 420 g/mol. The standard InChI is InChI=1S/C25H29N3O3/c1-17(2)31-21-10-8-19(9-11-21)22-23(27-14-12-26(4)13-15-27)25(30)28(24(22)29)20-7-5-6-18(3)16-20/h5-11,16-17H,12-15H2,1-4H3. The molecule has 0 radical (unpaired) electrons. The molecule has 1 saturated heterocycles. The van der Waals surface area contributed by atoms with Gasteiger partial charge in [-0.15, -0.1) is 0 Å². The zero-order chi connectivity index (χ0) is 22.1. The predicted octanol–water partition coefficient (Wildman–Crippen LogP) is 3.31. The lowest BCUT2D eigenvalue weighted by molar-refractivity contribution is -0.120. The first-order valence-electron chi connectivity index (χ1n) is 10.8. The number of aryl methyl sites for hydroxylation is 1. The molecule has 31 heavy (non-hydrogen) atoms. The number of anilines is 1. The number of nitrogens with zero attached hydrogens (tertiary/aromatic N) is 3.